The van der Waals surface area contributed by atoms with Crippen LogP contribution in [0, 0.1) is 5.82 Å². The van der Waals surface area contributed by atoms with Crippen LogP contribution in [-0.2, 0) is 0 Å². The zero-order chi connectivity index (χ0) is 11.4. The summed E-state index contributed by atoms with van der Waals surface area (Å²) in [5.74, 6) is -0.0642. The zero-order valence-electron chi connectivity index (χ0n) is 8.55. The van der Waals surface area contributed by atoms with Crippen LogP contribution in [-0.4, -0.2) is 25.8 Å². The van der Waals surface area contributed by atoms with Gasteiger partial charge in [0.15, 0.2) is 0 Å². The predicted molar refractivity (Wildman–Crippen MR) is 59.5 cm³/mol. The molecule has 0 bridgehead atoms. The minimum absolute atomic E-state index is 0.313. The van der Waals surface area contributed by atoms with Gasteiger partial charge in [0.05, 0.1) is 17.7 Å². The van der Waals surface area contributed by atoms with Crippen molar-refractivity contribution in [2.24, 2.45) is 0 Å². The van der Waals surface area contributed by atoms with E-state index >= 15 is 0 Å². The molecule has 0 aromatic heterocycles. The van der Waals surface area contributed by atoms with E-state index in [-0.39, 0.29) is 0 Å². The van der Waals surface area contributed by atoms with Crippen LogP contribution in [0.5, 0.6) is 5.75 Å². The van der Waals surface area contributed by atoms with E-state index in [0.29, 0.717) is 22.3 Å². The molecule has 1 aromatic carbocycles. The van der Waals surface area contributed by atoms with E-state index in [9.17, 15) is 9.50 Å². The highest BCUT2D eigenvalue weighted by molar-refractivity contribution is 9.10. The molecular formula is C10H13BrFNO2. The van der Waals surface area contributed by atoms with Crippen LogP contribution in [0.4, 0.5) is 4.39 Å². The fourth-order valence-electron chi connectivity index (χ4n) is 1.28. The molecule has 0 spiro atoms. The number of likely N-dealkylation sites (N-methyl/N-ethyl adjacent to an activating group) is 1. The SMILES string of the molecule is CNCC(O)c1cc(Br)c(F)cc1OC. The van der Waals surface area contributed by atoms with E-state index in [1.165, 1.54) is 19.2 Å². The van der Waals surface area contributed by atoms with Gasteiger partial charge in [-0.1, -0.05) is 0 Å². The highest BCUT2D eigenvalue weighted by Crippen LogP contribution is 2.30. The summed E-state index contributed by atoms with van der Waals surface area (Å²) in [6.07, 6.45) is -0.721. The maximum atomic E-state index is 13.2. The van der Waals surface area contributed by atoms with Crippen molar-refractivity contribution in [3.63, 3.8) is 0 Å². The molecule has 1 unspecified atom stereocenters. The Labute approximate surface area is 96.4 Å². The van der Waals surface area contributed by atoms with E-state index < -0.39 is 11.9 Å². The first-order valence-corrected chi connectivity index (χ1v) is 5.25. The highest BCUT2D eigenvalue weighted by atomic mass is 79.9. The van der Waals surface area contributed by atoms with Gasteiger partial charge in [-0.15, -0.1) is 0 Å². The maximum absolute atomic E-state index is 13.2. The van der Waals surface area contributed by atoms with Crippen LogP contribution in [0.3, 0.4) is 0 Å². The quantitative estimate of drug-likeness (QED) is 0.883. The third-order valence-corrected chi connectivity index (χ3v) is 2.64. The van der Waals surface area contributed by atoms with E-state index in [4.69, 9.17) is 4.74 Å². The topological polar surface area (TPSA) is 41.5 Å². The van der Waals surface area contributed by atoms with Crippen molar-refractivity contribution in [2.45, 2.75) is 6.10 Å². The maximum Gasteiger partial charge on any atom is 0.141 e. The molecule has 0 aliphatic heterocycles. The van der Waals surface area contributed by atoms with Crippen molar-refractivity contribution in [1.29, 1.82) is 0 Å². The van der Waals surface area contributed by atoms with Gasteiger partial charge in [0.2, 0.25) is 0 Å². The summed E-state index contributed by atoms with van der Waals surface area (Å²) in [4.78, 5) is 0. The summed E-state index contributed by atoms with van der Waals surface area (Å²) in [7, 11) is 3.17. The molecule has 0 aliphatic rings. The average Bonchev–Trinajstić information content (AvgIpc) is 2.21. The minimum atomic E-state index is -0.721. The number of benzene rings is 1. The molecule has 1 rings (SSSR count). The number of ether oxygens (including phenoxy) is 1. The van der Waals surface area contributed by atoms with Gasteiger partial charge in [-0.2, -0.15) is 0 Å². The Morgan fingerprint density at radius 1 is 1.60 bits per heavy atom. The molecule has 2 N–H and O–H groups in total. The highest BCUT2D eigenvalue weighted by Gasteiger charge is 2.15. The monoisotopic (exact) mass is 277 g/mol. The van der Waals surface area contributed by atoms with E-state index in [1.807, 2.05) is 0 Å². The van der Waals surface area contributed by atoms with Crippen LogP contribution in [0.2, 0.25) is 0 Å². The van der Waals surface area contributed by atoms with Gasteiger partial charge in [0.25, 0.3) is 0 Å². The molecule has 0 fully saturated rings. The number of aliphatic hydroxyl groups excluding tert-OH is 1. The number of aliphatic hydroxyl groups is 1. The number of rotatable bonds is 4. The van der Waals surface area contributed by atoms with Crippen molar-refractivity contribution in [3.05, 3.63) is 28.0 Å². The van der Waals surface area contributed by atoms with Gasteiger partial charge in [0, 0.05) is 18.2 Å². The van der Waals surface area contributed by atoms with Crippen molar-refractivity contribution in [3.8, 4) is 5.75 Å². The first-order chi connectivity index (χ1) is 7.10. The Balaban J connectivity index is 3.09. The largest absolute Gasteiger partial charge is 0.496 e. The first kappa shape index (κ1) is 12.4. The van der Waals surface area contributed by atoms with Gasteiger partial charge >= 0.3 is 0 Å². The molecule has 3 nitrogen and oxygen atoms in total. The smallest absolute Gasteiger partial charge is 0.141 e. The standard InChI is InChI=1S/C10H13BrFNO2/c1-13-5-9(14)6-3-7(11)8(12)4-10(6)15-2/h3-4,9,13-14H,5H2,1-2H3. The van der Waals surface area contributed by atoms with E-state index in [1.54, 1.807) is 7.05 Å². The van der Waals surface area contributed by atoms with Crippen LogP contribution in [0.25, 0.3) is 0 Å². The molecular weight excluding hydrogens is 265 g/mol. The lowest BCUT2D eigenvalue weighted by Crippen LogP contribution is -2.17. The summed E-state index contributed by atoms with van der Waals surface area (Å²) < 4.78 is 18.5. The molecule has 1 atom stereocenters. The van der Waals surface area contributed by atoms with Crippen LogP contribution in [0.1, 0.15) is 11.7 Å². The van der Waals surface area contributed by atoms with Crippen molar-refractivity contribution < 1.29 is 14.2 Å². The lowest BCUT2D eigenvalue weighted by molar-refractivity contribution is 0.173. The number of methoxy groups -OCH3 is 1. The summed E-state index contributed by atoms with van der Waals surface area (Å²) in [6.45, 7) is 0.383. The molecule has 0 heterocycles. The van der Waals surface area contributed by atoms with Gasteiger partial charge < -0.3 is 15.2 Å². The Kier molecular flexibility index (Phi) is 4.50. The lowest BCUT2D eigenvalue weighted by Gasteiger charge is -2.15. The summed E-state index contributed by atoms with van der Waals surface area (Å²) in [5.41, 5.74) is 0.556. The van der Waals surface area contributed by atoms with Crippen molar-refractivity contribution >= 4 is 15.9 Å². The molecule has 15 heavy (non-hydrogen) atoms. The fourth-order valence-corrected chi connectivity index (χ4v) is 1.65. The lowest BCUT2D eigenvalue weighted by atomic mass is 10.1. The molecule has 0 aliphatic carbocycles. The van der Waals surface area contributed by atoms with Crippen molar-refractivity contribution in [1.82, 2.24) is 5.32 Å². The van der Waals surface area contributed by atoms with Crippen LogP contribution < -0.4 is 10.1 Å². The van der Waals surface area contributed by atoms with E-state index in [2.05, 4.69) is 21.2 Å². The molecule has 0 radical (unpaired) electrons. The molecule has 0 saturated carbocycles. The predicted octanol–water partition coefficient (Wildman–Crippen LogP) is 1.85. The van der Waals surface area contributed by atoms with E-state index in [0.717, 1.165) is 0 Å². The minimum Gasteiger partial charge on any atom is -0.496 e. The Morgan fingerprint density at radius 2 is 2.27 bits per heavy atom. The molecule has 84 valence electrons. The normalized spacial score (nSPS) is 12.6. The molecule has 1 aromatic rings. The van der Waals surface area contributed by atoms with Gasteiger partial charge in [-0.3, -0.25) is 0 Å². The summed E-state index contributed by atoms with van der Waals surface area (Å²) in [6, 6.07) is 2.77. The molecule has 0 saturated heterocycles. The third kappa shape index (κ3) is 2.90. The van der Waals surface area contributed by atoms with Gasteiger partial charge in [0.1, 0.15) is 11.6 Å². The second-order valence-electron chi connectivity index (χ2n) is 3.08. The zero-order valence-corrected chi connectivity index (χ0v) is 10.1. The first-order valence-electron chi connectivity index (χ1n) is 4.45. The number of halogens is 2. The van der Waals surface area contributed by atoms with Gasteiger partial charge in [-0.05, 0) is 29.0 Å². The summed E-state index contributed by atoms with van der Waals surface area (Å²) in [5, 5.41) is 12.6. The Hall–Kier alpha value is -0.650. The third-order valence-electron chi connectivity index (χ3n) is 2.03. The number of hydrogen-bond donors (Lipinski definition) is 2. The fraction of sp³-hybridized carbons (Fsp3) is 0.400. The average molecular weight is 278 g/mol. The number of nitrogens with one attached hydrogen (secondary N) is 1. The van der Waals surface area contributed by atoms with Gasteiger partial charge in [-0.25, -0.2) is 4.39 Å². The van der Waals surface area contributed by atoms with Crippen LogP contribution >= 0.6 is 15.9 Å². The molecule has 0 amide bonds. The summed E-state index contributed by atoms with van der Waals surface area (Å²) >= 11 is 3.07. The molecule has 5 heteroatoms. The van der Waals surface area contributed by atoms with Crippen molar-refractivity contribution in [2.75, 3.05) is 20.7 Å². The second-order valence-corrected chi connectivity index (χ2v) is 3.94. The second kappa shape index (κ2) is 5.44. The Morgan fingerprint density at radius 3 is 2.80 bits per heavy atom. The van der Waals surface area contributed by atoms with Crippen LogP contribution in [0.15, 0.2) is 16.6 Å². The number of hydrogen-bond acceptors (Lipinski definition) is 3. The Bertz CT molecular complexity index is 346.